The third kappa shape index (κ3) is 4.29. The molecule has 1 aromatic carbocycles. The zero-order chi connectivity index (χ0) is 21.7. The number of piperazine rings is 1. The Labute approximate surface area is 174 Å². The highest BCUT2D eigenvalue weighted by atomic mass is 19.4. The third-order valence-corrected chi connectivity index (χ3v) is 6.32. The van der Waals surface area contributed by atoms with Crippen LogP contribution in [-0.4, -0.2) is 82.5 Å². The summed E-state index contributed by atoms with van der Waals surface area (Å²) in [5.41, 5.74) is 0.743. The summed E-state index contributed by atoms with van der Waals surface area (Å²) in [5.74, 6) is -0.141. The monoisotopic (exact) mass is 427 g/mol. The van der Waals surface area contributed by atoms with Gasteiger partial charge in [-0.05, 0) is 24.1 Å². The molecular formula is C21H28F3N3O3. The minimum absolute atomic E-state index is 0.0615. The molecule has 0 bridgehead atoms. The first kappa shape index (κ1) is 21.4. The first-order valence-corrected chi connectivity index (χ1v) is 10.4. The van der Waals surface area contributed by atoms with Gasteiger partial charge in [0.1, 0.15) is 5.75 Å². The zero-order valence-electron chi connectivity index (χ0n) is 17.2. The number of hydrogen-bond acceptors (Lipinski definition) is 5. The molecule has 1 aromatic rings. The molecular weight excluding hydrogens is 399 g/mol. The summed E-state index contributed by atoms with van der Waals surface area (Å²) in [5, 5.41) is 10.2. The van der Waals surface area contributed by atoms with Crippen molar-refractivity contribution in [2.45, 2.75) is 50.9 Å². The first-order chi connectivity index (χ1) is 14.0. The van der Waals surface area contributed by atoms with Gasteiger partial charge in [0.05, 0.1) is 11.6 Å². The number of rotatable bonds is 4. The molecule has 0 unspecified atom stereocenters. The molecule has 0 aliphatic carbocycles. The predicted octanol–water partition coefficient (Wildman–Crippen LogP) is 2.07. The predicted molar refractivity (Wildman–Crippen MR) is 104 cm³/mol. The Morgan fingerprint density at radius 3 is 2.47 bits per heavy atom. The highest BCUT2D eigenvalue weighted by molar-refractivity contribution is 5.78. The van der Waals surface area contributed by atoms with E-state index in [9.17, 15) is 23.1 Å². The Morgan fingerprint density at radius 1 is 1.20 bits per heavy atom. The number of aliphatic hydroxyl groups is 1. The van der Waals surface area contributed by atoms with Crippen LogP contribution in [-0.2, 0) is 11.3 Å². The van der Waals surface area contributed by atoms with E-state index in [-0.39, 0.29) is 35.3 Å². The van der Waals surface area contributed by atoms with Gasteiger partial charge < -0.3 is 14.7 Å². The molecule has 3 aliphatic rings. The molecule has 1 amide bonds. The molecule has 1 spiro atoms. The minimum atomic E-state index is -4.69. The van der Waals surface area contributed by atoms with Crippen molar-refractivity contribution in [2.24, 2.45) is 5.92 Å². The van der Waals surface area contributed by atoms with Crippen LogP contribution in [0.1, 0.15) is 25.8 Å². The van der Waals surface area contributed by atoms with Crippen LogP contribution in [0.15, 0.2) is 24.3 Å². The largest absolute Gasteiger partial charge is 0.573 e. The quantitative estimate of drug-likeness (QED) is 0.798. The van der Waals surface area contributed by atoms with Crippen molar-refractivity contribution in [1.82, 2.24) is 14.7 Å². The minimum Gasteiger partial charge on any atom is -0.406 e. The summed E-state index contributed by atoms with van der Waals surface area (Å²) in [6.45, 7) is 7.91. The fourth-order valence-electron chi connectivity index (χ4n) is 5.18. The topological polar surface area (TPSA) is 56.3 Å². The van der Waals surface area contributed by atoms with E-state index in [0.29, 0.717) is 32.6 Å². The number of fused-ring (bicyclic) bond motifs is 2. The molecule has 3 fully saturated rings. The number of hydrogen-bond donors (Lipinski definition) is 1. The summed E-state index contributed by atoms with van der Waals surface area (Å²) in [7, 11) is 0. The van der Waals surface area contributed by atoms with Crippen molar-refractivity contribution in [3.05, 3.63) is 29.8 Å². The van der Waals surface area contributed by atoms with Crippen molar-refractivity contribution >= 4 is 5.91 Å². The Balaban J connectivity index is 1.40. The summed E-state index contributed by atoms with van der Waals surface area (Å²) < 4.78 is 40.9. The molecule has 166 valence electrons. The number of carbonyl (C=O) groups excluding carboxylic acids is 1. The Kier molecular flexibility index (Phi) is 5.48. The van der Waals surface area contributed by atoms with Gasteiger partial charge in [-0.2, -0.15) is 0 Å². The number of halogens is 3. The van der Waals surface area contributed by atoms with E-state index >= 15 is 0 Å². The van der Waals surface area contributed by atoms with Crippen molar-refractivity contribution in [3.8, 4) is 5.75 Å². The lowest BCUT2D eigenvalue weighted by Crippen LogP contribution is -2.78. The van der Waals surface area contributed by atoms with E-state index in [1.807, 2.05) is 18.7 Å². The van der Waals surface area contributed by atoms with E-state index in [0.717, 1.165) is 18.7 Å². The van der Waals surface area contributed by atoms with Crippen molar-refractivity contribution in [1.29, 1.82) is 0 Å². The van der Waals surface area contributed by atoms with E-state index in [2.05, 4.69) is 14.5 Å². The van der Waals surface area contributed by atoms with Gasteiger partial charge in [-0.1, -0.05) is 26.0 Å². The number of carbonyl (C=O) groups is 1. The molecule has 30 heavy (non-hydrogen) atoms. The number of ether oxygens (including phenoxy) is 1. The Hall–Kier alpha value is -1.84. The van der Waals surface area contributed by atoms with E-state index < -0.39 is 6.36 Å². The molecule has 3 aliphatic heterocycles. The SMILES string of the molecule is CC(C)C(=O)N1C[C@@H]2C[C@@H](O)CN2C2(CN(Cc3ccc(OC(F)(F)F)cc3)C2)C1. The van der Waals surface area contributed by atoms with Crippen LogP contribution < -0.4 is 4.74 Å². The zero-order valence-corrected chi connectivity index (χ0v) is 17.2. The van der Waals surface area contributed by atoms with Crippen LogP contribution in [0.3, 0.4) is 0 Å². The number of likely N-dealkylation sites (tertiary alicyclic amines) is 1. The maximum Gasteiger partial charge on any atom is 0.573 e. The molecule has 0 aromatic heterocycles. The molecule has 9 heteroatoms. The number of aliphatic hydroxyl groups excluding tert-OH is 1. The van der Waals surface area contributed by atoms with Crippen LogP contribution in [0.5, 0.6) is 5.75 Å². The van der Waals surface area contributed by atoms with Gasteiger partial charge in [0, 0.05) is 51.2 Å². The fraction of sp³-hybridized carbons (Fsp3) is 0.667. The lowest BCUT2D eigenvalue weighted by atomic mass is 9.83. The van der Waals surface area contributed by atoms with Gasteiger partial charge >= 0.3 is 6.36 Å². The maximum atomic E-state index is 12.6. The van der Waals surface area contributed by atoms with Crippen LogP contribution >= 0.6 is 0 Å². The Morgan fingerprint density at radius 2 is 1.87 bits per heavy atom. The number of amides is 1. The van der Waals surface area contributed by atoms with Gasteiger partial charge in [0.15, 0.2) is 0 Å². The molecule has 4 rings (SSSR count). The number of β-amino-alcohol motifs (C(OH)–C–C–N with tert-alkyl or cyclic N) is 1. The maximum absolute atomic E-state index is 12.6. The first-order valence-electron chi connectivity index (χ1n) is 10.4. The number of nitrogens with zero attached hydrogens (tertiary/aromatic N) is 3. The average molecular weight is 427 g/mol. The molecule has 2 atom stereocenters. The molecule has 3 heterocycles. The second kappa shape index (κ2) is 7.69. The summed E-state index contributed by atoms with van der Waals surface area (Å²) in [4.78, 5) is 19.2. The standard InChI is InChI=1S/C21H28F3N3O3/c1-14(2)19(29)26-9-16-7-17(28)10-27(16)20(13-26)11-25(12-20)8-15-3-5-18(6-4-15)30-21(22,23)24/h3-6,14,16-17,28H,7-13H2,1-2H3/t16-,17+/m0/s1. The summed E-state index contributed by atoms with van der Waals surface area (Å²) in [6, 6.07) is 6.12. The lowest BCUT2D eigenvalue weighted by Gasteiger charge is -2.61. The van der Waals surface area contributed by atoms with Crippen molar-refractivity contribution < 1.29 is 27.8 Å². The van der Waals surface area contributed by atoms with E-state index in [1.54, 1.807) is 12.1 Å². The Bertz CT molecular complexity index is 778. The smallest absolute Gasteiger partial charge is 0.406 e. The number of alkyl halides is 3. The fourth-order valence-corrected chi connectivity index (χ4v) is 5.18. The highest BCUT2D eigenvalue weighted by Crippen LogP contribution is 2.40. The normalized spacial score (nSPS) is 26.7. The van der Waals surface area contributed by atoms with E-state index in [4.69, 9.17) is 0 Å². The van der Waals surface area contributed by atoms with Gasteiger partial charge in [0.2, 0.25) is 5.91 Å². The van der Waals surface area contributed by atoms with Gasteiger partial charge in [0.25, 0.3) is 0 Å². The van der Waals surface area contributed by atoms with Crippen LogP contribution in [0.2, 0.25) is 0 Å². The third-order valence-electron chi connectivity index (χ3n) is 6.32. The molecule has 0 saturated carbocycles. The summed E-state index contributed by atoms with van der Waals surface area (Å²) in [6.07, 6.45) is -4.37. The molecule has 6 nitrogen and oxygen atoms in total. The van der Waals surface area contributed by atoms with E-state index in [1.165, 1.54) is 12.1 Å². The summed E-state index contributed by atoms with van der Waals surface area (Å²) >= 11 is 0. The average Bonchev–Trinajstić information content (AvgIpc) is 3.00. The molecule has 3 saturated heterocycles. The van der Waals surface area contributed by atoms with Gasteiger partial charge in [-0.15, -0.1) is 13.2 Å². The highest BCUT2D eigenvalue weighted by Gasteiger charge is 2.56. The van der Waals surface area contributed by atoms with Crippen molar-refractivity contribution in [2.75, 3.05) is 32.7 Å². The molecule has 1 N–H and O–H groups in total. The molecule has 0 radical (unpaired) electrons. The van der Waals surface area contributed by atoms with Crippen LogP contribution in [0.4, 0.5) is 13.2 Å². The lowest BCUT2D eigenvalue weighted by molar-refractivity contribution is -0.274. The second-order valence-corrected chi connectivity index (χ2v) is 9.13. The van der Waals surface area contributed by atoms with Crippen LogP contribution in [0, 0.1) is 5.92 Å². The van der Waals surface area contributed by atoms with Crippen molar-refractivity contribution in [3.63, 3.8) is 0 Å². The van der Waals surface area contributed by atoms with Gasteiger partial charge in [-0.25, -0.2) is 0 Å². The van der Waals surface area contributed by atoms with Crippen LogP contribution in [0.25, 0.3) is 0 Å². The number of benzene rings is 1. The second-order valence-electron chi connectivity index (χ2n) is 9.13. The van der Waals surface area contributed by atoms with Gasteiger partial charge in [-0.3, -0.25) is 14.6 Å².